The first-order valence-corrected chi connectivity index (χ1v) is 5.54. The van der Waals surface area contributed by atoms with Crippen molar-refractivity contribution in [3.8, 4) is 0 Å². The van der Waals surface area contributed by atoms with Crippen molar-refractivity contribution < 1.29 is 9.53 Å². The predicted molar refractivity (Wildman–Crippen MR) is 61.5 cm³/mol. The Hall–Kier alpha value is -0.640. The summed E-state index contributed by atoms with van der Waals surface area (Å²) in [5.41, 5.74) is 0. The highest BCUT2D eigenvalue weighted by molar-refractivity contribution is 7.80. The fraction of sp³-hybridized carbons (Fsp3) is 0.700. The van der Waals surface area contributed by atoms with Gasteiger partial charge in [-0.2, -0.15) is 12.6 Å². The second kappa shape index (κ2) is 10.4. The molecule has 0 saturated heterocycles. The number of nitrogens with one attached hydrogen (secondary N) is 1. The van der Waals surface area contributed by atoms with Gasteiger partial charge in [0.05, 0.1) is 12.9 Å². The molecule has 0 aliphatic rings. The van der Waals surface area contributed by atoms with E-state index in [4.69, 9.17) is 4.74 Å². The number of thiol groups is 1. The molecule has 0 radical (unpaired) electrons. The normalized spacial score (nSPS) is 9.50. The number of hydrogen-bond acceptors (Lipinski definition) is 3. The van der Waals surface area contributed by atoms with Gasteiger partial charge in [0, 0.05) is 13.0 Å². The highest BCUT2D eigenvalue weighted by Gasteiger charge is 1.97. The number of rotatable bonds is 9. The third kappa shape index (κ3) is 9.45. The van der Waals surface area contributed by atoms with Crippen LogP contribution in [-0.2, 0) is 9.53 Å². The summed E-state index contributed by atoms with van der Waals surface area (Å²) in [5, 5.41) is 2.83. The zero-order valence-corrected chi connectivity index (χ0v) is 9.39. The van der Waals surface area contributed by atoms with Crippen LogP contribution < -0.4 is 5.32 Å². The van der Waals surface area contributed by atoms with E-state index in [2.05, 4.69) is 24.5 Å². The number of carbonyl (C=O) groups is 1. The second-order valence-electron chi connectivity index (χ2n) is 2.92. The van der Waals surface area contributed by atoms with Crippen molar-refractivity contribution in [2.45, 2.75) is 25.7 Å². The highest BCUT2D eigenvalue weighted by Crippen LogP contribution is 1.95. The van der Waals surface area contributed by atoms with E-state index in [0.29, 0.717) is 18.8 Å². The zero-order valence-electron chi connectivity index (χ0n) is 8.50. The Morgan fingerprint density at radius 1 is 1.43 bits per heavy atom. The lowest BCUT2D eigenvalue weighted by Gasteiger charge is -2.03. The molecule has 0 unspecified atom stereocenters. The smallest absolute Gasteiger partial charge is 0.220 e. The Labute approximate surface area is 91.3 Å². The molecular formula is C10H19NO2S. The lowest BCUT2D eigenvalue weighted by molar-refractivity contribution is -0.120. The van der Waals surface area contributed by atoms with E-state index >= 15 is 0 Å². The lowest BCUT2D eigenvalue weighted by atomic mass is 10.2. The quantitative estimate of drug-likeness (QED) is 0.351. The van der Waals surface area contributed by atoms with E-state index in [9.17, 15) is 4.79 Å². The van der Waals surface area contributed by atoms with Crippen LogP contribution in [0.1, 0.15) is 25.7 Å². The van der Waals surface area contributed by atoms with Crippen molar-refractivity contribution >= 4 is 18.5 Å². The van der Waals surface area contributed by atoms with Crippen molar-refractivity contribution in [1.29, 1.82) is 0 Å². The number of unbranched alkanes of at least 4 members (excludes halogenated alkanes) is 2. The summed E-state index contributed by atoms with van der Waals surface area (Å²) in [7, 11) is 0. The van der Waals surface area contributed by atoms with Crippen LogP contribution in [0.15, 0.2) is 12.8 Å². The van der Waals surface area contributed by atoms with Crippen LogP contribution >= 0.6 is 12.6 Å². The minimum Gasteiger partial charge on any atom is -0.502 e. The molecule has 4 heteroatoms. The Morgan fingerprint density at radius 3 is 2.86 bits per heavy atom. The maximum atomic E-state index is 11.0. The van der Waals surface area contributed by atoms with Gasteiger partial charge in [0.1, 0.15) is 0 Å². The van der Waals surface area contributed by atoms with Crippen LogP contribution in [0.2, 0.25) is 0 Å². The van der Waals surface area contributed by atoms with Gasteiger partial charge < -0.3 is 10.1 Å². The van der Waals surface area contributed by atoms with Gasteiger partial charge in [-0.15, -0.1) is 0 Å². The second-order valence-corrected chi connectivity index (χ2v) is 3.37. The Kier molecular flexibility index (Phi) is 9.96. The summed E-state index contributed by atoms with van der Waals surface area (Å²) in [6.45, 7) is 4.92. The van der Waals surface area contributed by atoms with Crippen molar-refractivity contribution in [3.05, 3.63) is 12.8 Å². The van der Waals surface area contributed by atoms with Crippen LogP contribution in [0.25, 0.3) is 0 Å². The average molecular weight is 217 g/mol. The van der Waals surface area contributed by atoms with Gasteiger partial charge in [0.15, 0.2) is 0 Å². The molecule has 14 heavy (non-hydrogen) atoms. The third-order valence-electron chi connectivity index (χ3n) is 1.72. The van der Waals surface area contributed by atoms with E-state index in [1.165, 1.54) is 6.26 Å². The fourth-order valence-electron chi connectivity index (χ4n) is 0.988. The molecule has 0 saturated carbocycles. The third-order valence-corrected chi connectivity index (χ3v) is 1.94. The Balaban J connectivity index is 3.05. The summed E-state index contributed by atoms with van der Waals surface area (Å²) in [5.74, 6) is 0.696. The molecule has 1 N–H and O–H groups in total. The number of hydrogen-bond donors (Lipinski definition) is 2. The van der Waals surface area contributed by atoms with Gasteiger partial charge in [-0.25, -0.2) is 0 Å². The predicted octanol–water partition coefficient (Wildman–Crippen LogP) is 1.75. The molecule has 0 rings (SSSR count). The first kappa shape index (κ1) is 13.4. The molecule has 0 heterocycles. The molecule has 0 aromatic carbocycles. The molecule has 0 atom stereocenters. The molecule has 3 nitrogen and oxygen atoms in total. The highest BCUT2D eigenvalue weighted by atomic mass is 32.1. The van der Waals surface area contributed by atoms with Crippen molar-refractivity contribution in [2.24, 2.45) is 0 Å². The minimum absolute atomic E-state index is 0.0855. The van der Waals surface area contributed by atoms with Crippen molar-refractivity contribution in [3.63, 3.8) is 0 Å². The maximum Gasteiger partial charge on any atom is 0.220 e. The Bertz CT molecular complexity index is 162. The first-order valence-electron chi connectivity index (χ1n) is 4.91. The van der Waals surface area contributed by atoms with E-state index < -0.39 is 0 Å². The van der Waals surface area contributed by atoms with E-state index in [-0.39, 0.29) is 5.91 Å². The molecule has 82 valence electrons. The zero-order chi connectivity index (χ0) is 10.6. The van der Waals surface area contributed by atoms with Gasteiger partial charge in [-0.1, -0.05) is 6.58 Å². The summed E-state index contributed by atoms with van der Waals surface area (Å²) in [6, 6.07) is 0. The largest absolute Gasteiger partial charge is 0.502 e. The average Bonchev–Trinajstić information content (AvgIpc) is 2.17. The van der Waals surface area contributed by atoms with Crippen molar-refractivity contribution in [1.82, 2.24) is 5.32 Å². The SMILES string of the molecule is C=COCCCCCNC(=O)CCS. The molecular weight excluding hydrogens is 198 g/mol. The van der Waals surface area contributed by atoms with E-state index in [1.54, 1.807) is 0 Å². The molecule has 0 spiro atoms. The molecule has 1 amide bonds. The summed E-state index contributed by atoms with van der Waals surface area (Å²) in [4.78, 5) is 11.0. The molecule has 0 aromatic heterocycles. The van der Waals surface area contributed by atoms with Crippen LogP contribution in [0.4, 0.5) is 0 Å². The van der Waals surface area contributed by atoms with Crippen LogP contribution in [0.5, 0.6) is 0 Å². The first-order chi connectivity index (χ1) is 6.81. The summed E-state index contributed by atoms with van der Waals surface area (Å²) >= 11 is 3.98. The van der Waals surface area contributed by atoms with Gasteiger partial charge in [-0.3, -0.25) is 4.79 Å². The standard InChI is InChI=1S/C10H19NO2S/c1-2-13-8-5-3-4-7-11-10(12)6-9-14/h2,14H,1,3-9H2,(H,11,12). The van der Waals surface area contributed by atoms with E-state index in [0.717, 1.165) is 25.8 Å². The lowest BCUT2D eigenvalue weighted by Crippen LogP contribution is -2.24. The van der Waals surface area contributed by atoms with Crippen LogP contribution in [-0.4, -0.2) is 24.8 Å². The van der Waals surface area contributed by atoms with Gasteiger partial charge in [0.25, 0.3) is 0 Å². The van der Waals surface area contributed by atoms with Gasteiger partial charge in [0.2, 0.25) is 5.91 Å². The van der Waals surface area contributed by atoms with E-state index in [1.807, 2.05) is 0 Å². The number of amides is 1. The molecule has 0 aliphatic carbocycles. The molecule has 0 bridgehead atoms. The minimum atomic E-state index is 0.0855. The molecule has 0 aromatic rings. The van der Waals surface area contributed by atoms with Gasteiger partial charge in [-0.05, 0) is 25.0 Å². The monoisotopic (exact) mass is 217 g/mol. The Morgan fingerprint density at radius 2 is 2.21 bits per heavy atom. The summed E-state index contributed by atoms with van der Waals surface area (Å²) < 4.78 is 4.97. The fourth-order valence-corrected chi connectivity index (χ4v) is 1.19. The number of carbonyl (C=O) groups excluding carboxylic acids is 1. The van der Waals surface area contributed by atoms with Gasteiger partial charge >= 0.3 is 0 Å². The van der Waals surface area contributed by atoms with Crippen LogP contribution in [0.3, 0.4) is 0 Å². The van der Waals surface area contributed by atoms with Crippen LogP contribution in [0, 0.1) is 0 Å². The maximum absolute atomic E-state index is 11.0. The molecule has 0 aliphatic heterocycles. The summed E-state index contributed by atoms with van der Waals surface area (Å²) in [6.07, 6.45) is 5.03. The van der Waals surface area contributed by atoms with Crippen molar-refractivity contribution in [2.75, 3.05) is 18.9 Å². The number of ether oxygens (including phenoxy) is 1. The topological polar surface area (TPSA) is 38.3 Å². The molecule has 0 fully saturated rings.